The van der Waals surface area contributed by atoms with Crippen molar-refractivity contribution < 1.29 is 24.2 Å². The molecule has 0 aromatic heterocycles. The molecule has 0 amide bonds. The van der Waals surface area contributed by atoms with E-state index in [1.807, 2.05) is 0 Å². The van der Waals surface area contributed by atoms with Crippen LogP contribution in [0.2, 0.25) is 0 Å². The summed E-state index contributed by atoms with van der Waals surface area (Å²) >= 11 is 0. The quantitative estimate of drug-likeness (QED) is 0.735. The zero-order chi connectivity index (χ0) is 16.2. The van der Waals surface area contributed by atoms with Gasteiger partial charge in [0.15, 0.2) is 0 Å². The third kappa shape index (κ3) is 7.45. The molecule has 0 heterocycles. The van der Waals surface area contributed by atoms with Crippen LogP contribution in [-0.4, -0.2) is 46.9 Å². The SMILES string of the molecule is CC(C)(C)OC(=O)CNC(C)(CO)C(=O)OC(C)(C)C. The third-order valence-electron chi connectivity index (χ3n) is 2.21. The van der Waals surface area contributed by atoms with Gasteiger partial charge in [0.1, 0.15) is 16.7 Å². The van der Waals surface area contributed by atoms with Crippen molar-refractivity contribution in [2.75, 3.05) is 13.2 Å². The number of esters is 2. The molecule has 0 aliphatic carbocycles. The van der Waals surface area contributed by atoms with Gasteiger partial charge in [-0.3, -0.25) is 10.1 Å². The minimum Gasteiger partial charge on any atom is -0.459 e. The van der Waals surface area contributed by atoms with Gasteiger partial charge >= 0.3 is 11.9 Å². The maximum absolute atomic E-state index is 12.0. The molecule has 0 saturated carbocycles. The maximum atomic E-state index is 12.0. The van der Waals surface area contributed by atoms with Crippen molar-refractivity contribution in [2.24, 2.45) is 0 Å². The highest BCUT2D eigenvalue weighted by molar-refractivity contribution is 5.82. The first-order valence-electron chi connectivity index (χ1n) is 6.60. The van der Waals surface area contributed by atoms with Crippen LogP contribution in [0.25, 0.3) is 0 Å². The molecule has 1 unspecified atom stereocenters. The van der Waals surface area contributed by atoms with Gasteiger partial charge in [0, 0.05) is 0 Å². The van der Waals surface area contributed by atoms with Crippen LogP contribution in [0.15, 0.2) is 0 Å². The number of aliphatic hydroxyl groups excluding tert-OH is 1. The average molecular weight is 289 g/mol. The molecule has 0 aromatic rings. The topological polar surface area (TPSA) is 84.9 Å². The standard InChI is InChI=1S/C14H27NO5/c1-12(2,3)19-10(17)8-15-14(7,9-16)11(18)20-13(4,5)6/h15-16H,8-9H2,1-7H3. The molecule has 20 heavy (non-hydrogen) atoms. The lowest BCUT2D eigenvalue weighted by Gasteiger charge is -2.31. The number of rotatable bonds is 5. The highest BCUT2D eigenvalue weighted by atomic mass is 16.6. The fraction of sp³-hybridized carbons (Fsp3) is 0.857. The summed E-state index contributed by atoms with van der Waals surface area (Å²) in [5.41, 5.74) is -2.61. The van der Waals surface area contributed by atoms with E-state index in [-0.39, 0.29) is 6.54 Å². The van der Waals surface area contributed by atoms with Gasteiger partial charge < -0.3 is 14.6 Å². The van der Waals surface area contributed by atoms with Crippen molar-refractivity contribution in [1.82, 2.24) is 5.32 Å². The normalized spacial score (nSPS) is 15.4. The average Bonchev–Trinajstić information content (AvgIpc) is 2.21. The van der Waals surface area contributed by atoms with Gasteiger partial charge in [-0.05, 0) is 48.5 Å². The molecule has 0 saturated heterocycles. The highest BCUT2D eigenvalue weighted by Gasteiger charge is 2.37. The fourth-order valence-corrected chi connectivity index (χ4v) is 1.23. The number of aliphatic hydroxyl groups is 1. The molecule has 0 aliphatic heterocycles. The molecule has 0 rings (SSSR count). The first kappa shape index (κ1) is 18.9. The summed E-state index contributed by atoms with van der Waals surface area (Å²) in [6.07, 6.45) is 0. The maximum Gasteiger partial charge on any atom is 0.328 e. The molecule has 118 valence electrons. The Morgan fingerprint density at radius 2 is 1.40 bits per heavy atom. The predicted molar refractivity (Wildman–Crippen MR) is 75.2 cm³/mol. The second kappa shape index (κ2) is 6.54. The van der Waals surface area contributed by atoms with Crippen molar-refractivity contribution >= 4 is 11.9 Å². The molecular formula is C14H27NO5. The van der Waals surface area contributed by atoms with Gasteiger partial charge in [-0.1, -0.05) is 0 Å². The van der Waals surface area contributed by atoms with Crippen LogP contribution in [0.4, 0.5) is 0 Å². The number of hydrogen-bond acceptors (Lipinski definition) is 6. The number of carbonyl (C=O) groups excluding carboxylic acids is 2. The van der Waals surface area contributed by atoms with E-state index >= 15 is 0 Å². The van der Waals surface area contributed by atoms with Crippen LogP contribution in [0, 0.1) is 0 Å². The third-order valence-corrected chi connectivity index (χ3v) is 2.21. The van der Waals surface area contributed by atoms with Gasteiger partial charge in [0.2, 0.25) is 0 Å². The van der Waals surface area contributed by atoms with Gasteiger partial charge in [0.25, 0.3) is 0 Å². The summed E-state index contributed by atoms with van der Waals surface area (Å²) in [7, 11) is 0. The minimum absolute atomic E-state index is 0.187. The molecule has 0 fully saturated rings. The van der Waals surface area contributed by atoms with Crippen LogP contribution < -0.4 is 5.32 Å². The van der Waals surface area contributed by atoms with Crippen LogP contribution >= 0.6 is 0 Å². The van der Waals surface area contributed by atoms with Crippen molar-refractivity contribution in [2.45, 2.75) is 65.2 Å². The van der Waals surface area contributed by atoms with Crippen molar-refractivity contribution in [3.05, 3.63) is 0 Å². The number of ether oxygens (including phenoxy) is 2. The summed E-state index contributed by atoms with van der Waals surface area (Å²) < 4.78 is 10.3. The lowest BCUT2D eigenvalue weighted by atomic mass is 10.0. The first-order chi connectivity index (χ1) is 8.79. The summed E-state index contributed by atoms with van der Waals surface area (Å²) in [4.78, 5) is 23.6. The molecule has 0 aliphatic rings. The molecule has 0 aromatic carbocycles. The number of nitrogens with one attached hydrogen (secondary N) is 1. The molecule has 2 N–H and O–H groups in total. The first-order valence-corrected chi connectivity index (χ1v) is 6.60. The van der Waals surface area contributed by atoms with Crippen LogP contribution in [0.1, 0.15) is 48.5 Å². The Kier molecular flexibility index (Phi) is 6.17. The zero-order valence-corrected chi connectivity index (χ0v) is 13.5. The van der Waals surface area contributed by atoms with E-state index in [2.05, 4.69) is 5.32 Å². The lowest BCUT2D eigenvalue weighted by molar-refractivity contribution is -0.165. The molecule has 0 bridgehead atoms. The Bertz CT molecular complexity index is 354. The molecule has 6 nitrogen and oxygen atoms in total. The van der Waals surface area contributed by atoms with Gasteiger partial charge in [-0.15, -0.1) is 0 Å². The molecule has 0 spiro atoms. The van der Waals surface area contributed by atoms with Crippen LogP contribution in [0.5, 0.6) is 0 Å². The molecular weight excluding hydrogens is 262 g/mol. The number of carbonyl (C=O) groups is 2. The molecule has 0 radical (unpaired) electrons. The lowest BCUT2D eigenvalue weighted by Crippen LogP contribution is -2.56. The molecule has 6 heteroatoms. The molecule has 1 atom stereocenters. The summed E-state index contributed by atoms with van der Waals surface area (Å²) in [5, 5.41) is 12.1. The van der Waals surface area contributed by atoms with E-state index in [9.17, 15) is 14.7 Å². The van der Waals surface area contributed by atoms with Gasteiger partial charge in [-0.2, -0.15) is 0 Å². The van der Waals surface area contributed by atoms with E-state index < -0.39 is 35.3 Å². The van der Waals surface area contributed by atoms with Crippen molar-refractivity contribution in [3.8, 4) is 0 Å². The van der Waals surface area contributed by atoms with E-state index in [0.717, 1.165) is 0 Å². The Morgan fingerprint density at radius 1 is 0.950 bits per heavy atom. The van der Waals surface area contributed by atoms with E-state index in [0.29, 0.717) is 0 Å². The highest BCUT2D eigenvalue weighted by Crippen LogP contribution is 2.14. The minimum atomic E-state index is -1.34. The van der Waals surface area contributed by atoms with Gasteiger partial charge in [0.05, 0.1) is 13.2 Å². The predicted octanol–water partition coefficient (Wildman–Crippen LogP) is 1.01. The second-order valence-electron chi connectivity index (χ2n) is 6.93. The number of hydrogen-bond donors (Lipinski definition) is 2. The van der Waals surface area contributed by atoms with E-state index in [1.165, 1.54) is 6.92 Å². The van der Waals surface area contributed by atoms with E-state index in [4.69, 9.17) is 9.47 Å². The largest absolute Gasteiger partial charge is 0.459 e. The second-order valence-corrected chi connectivity index (χ2v) is 6.93. The van der Waals surface area contributed by atoms with E-state index in [1.54, 1.807) is 41.5 Å². The van der Waals surface area contributed by atoms with Crippen molar-refractivity contribution in [3.63, 3.8) is 0 Å². The Balaban J connectivity index is 4.60. The Labute approximate surface area is 120 Å². The summed E-state index contributed by atoms with van der Waals surface area (Å²) in [6.45, 7) is 11.3. The summed E-state index contributed by atoms with van der Waals surface area (Å²) in [6, 6.07) is 0. The van der Waals surface area contributed by atoms with Crippen LogP contribution in [0.3, 0.4) is 0 Å². The summed E-state index contributed by atoms with van der Waals surface area (Å²) in [5.74, 6) is -1.11. The van der Waals surface area contributed by atoms with Crippen molar-refractivity contribution in [1.29, 1.82) is 0 Å². The Hall–Kier alpha value is -1.14. The smallest absolute Gasteiger partial charge is 0.328 e. The fourth-order valence-electron chi connectivity index (χ4n) is 1.23. The Morgan fingerprint density at radius 3 is 1.75 bits per heavy atom. The van der Waals surface area contributed by atoms with Gasteiger partial charge in [-0.25, -0.2) is 4.79 Å². The van der Waals surface area contributed by atoms with Crippen LogP contribution in [-0.2, 0) is 19.1 Å². The monoisotopic (exact) mass is 289 g/mol. The zero-order valence-electron chi connectivity index (χ0n) is 13.5.